The van der Waals surface area contributed by atoms with E-state index < -0.39 is 12.1 Å². The van der Waals surface area contributed by atoms with Gasteiger partial charge in [0, 0.05) is 22.6 Å². The third-order valence-electron chi connectivity index (χ3n) is 4.40. The number of nitrogens with one attached hydrogen (secondary N) is 1. The summed E-state index contributed by atoms with van der Waals surface area (Å²) in [6, 6.07) is 13.7. The lowest BCUT2D eigenvalue weighted by Gasteiger charge is -2.13. The Labute approximate surface area is 168 Å². The molecule has 1 atom stereocenters. The van der Waals surface area contributed by atoms with Crippen LogP contribution in [0, 0.1) is 5.92 Å². The number of esters is 1. The SMILES string of the molecule is CC(C)C(=O)Nc1ccc(C(=O)[C@@H](C)OC(=O)Cc2noc3ccccc23)cc1. The number of nitrogens with zero attached hydrogens (tertiary/aromatic N) is 1. The molecule has 0 spiro atoms. The van der Waals surface area contributed by atoms with Crippen LogP contribution < -0.4 is 5.32 Å². The number of Topliss-reactive ketones (excluding diaryl/α,β-unsaturated/α-hetero) is 1. The molecule has 2 aromatic carbocycles. The van der Waals surface area contributed by atoms with Gasteiger partial charge < -0.3 is 14.6 Å². The molecule has 0 fully saturated rings. The van der Waals surface area contributed by atoms with Gasteiger partial charge in [-0.1, -0.05) is 31.1 Å². The van der Waals surface area contributed by atoms with E-state index in [1.807, 2.05) is 18.2 Å². The van der Waals surface area contributed by atoms with Crippen LogP contribution in [-0.2, 0) is 20.7 Å². The smallest absolute Gasteiger partial charge is 0.312 e. The van der Waals surface area contributed by atoms with E-state index in [4.69, 9.17) is 9.26 Å². The Bertz CT molecular complexity index is 1040. The molecule has 3 rings (SSSR count). The highest BCUT2D eigenvalue weighted by atomic mass is 16.5. The van der Waals surface area contributed by atoms with Crippen molar-refractivity contribution in [3.8, 4) is 0 Å². The second-order valence-electron chi connectivity index (χ2n) is 7.02. The van der Waals surface area contributed by atoms with Crippen molar-refractivity contribution >= 4 is 34.3 Å². The van der Waals surface area contributed by atoms with Gasteiger partial charge in [0.25, 0.3) is 0 Å². The fourth-order valence-electron chi connectivity index (χ4n) is 2.73. The second kappa shape index (κ2) is 8.68. The minimum atomic E-state index is -0.947. The highest BCUT2D eigenvalue weighted by molar-refractivity contribution is 6.01. The first-order valence-corrected chi connectivity index (χ1v) is 9.33. The number of carbonyl (C=O) groups excluding carboxylic acids is 3. The van der Waals surface area contributed by atoms with Gasteiger partial charge in [-0.2, -0.15) is 0 Å². The number of aromatic nitrogens is 1. The van der Waals surface area contributed by atoms with E-state index in [0.29, 0.717) is 22.5 Å². The predicted octanol–water partition coefficient (Wildman–Crippen LogP) is 3.78. The summed E-state index contributed by atoms with van der Waals surface area (Å²) in [4.78, 5) is 36.5. The van der Waals surface area contributed by atoms with E-state index in [9.17, 15) is 14.4 Å². The summed E-state index contributed by atoms with van der Waals surface area (Å²) in [6.07, 6.45) is -1.04. The fraction of sp³-hybridized carbons (Fsp3) is 0.273. The maximum Gasteiger partial charge on any atom is 0.312 e. The molecule has 0 radical (unpaired) electrons. The average molecular weight is 394 g/mol. The molecule has 7 nitrogen and oxygen atoms in total. The van der Waals surface area contributed by atoms with Crippen molar-refractivity contribution < 1.29 is 23.6 Å². The lowest BCUT2D eigenvalue weighted by molar-refractivity contribution is -0.145. The molecule has 0 aliphatic rings. The van der Waals surface area contributed by atoms with Crippen LogP contribution in [0.4, 0.5) is 5.69 Å². The van der Waals surface area contributed by atoms with Crippen LogP contribution in [0.15, 0.2) is 53.1 Å². The highest BCUT2D eigenvalue weighted by Gasteiger charge is 2.21. The van der Waals surface area contributed by atoms with Gasteiger partial charge in [-0.05, 0) is 43.3 Å². The minimum absolute atomic E-state index is 0.0885. The number of ether oxygens (including phenoxy) is 1. The van der Waals surface area contributed by atoms with E-state index in [-0.39, 0.29) is 24.0 Å². The summed E-state index contributed by atoms with van der Waals surface area (Å²) in [5.41, 5.74) is 2.04. The zero-order valence-corrected chi connectivity index (χ0v) is 16.5. The van der Waals surface area contributed by atoms with Crippen molar-refractivity contribution in [2.75, 3.05) is 5.32 Å². The monoisotopic (exact) mass is 394 g/mol. The van der Waals surface area contributed by atoms with Gasteiger partial charge in [0.2, 0.25) is 11.7 Å². The lowest BCUT2D eigenvalue weighted by atomic mass is 10.1. The number of para-hydroxylation sites is 1. The Morgan fingerprint density at radius 2 is 1.72 bits per heavy atom. The quantitative estimate of drug-likeness (QED) is 0.484. The molecule has 1 amide bonds. The first-order valence-electron chi connectivity index (χ1n) is 9.33. The van der Waals surface area contributed by atoms with Crippen molar-refractivity contribution in [1.82, 2.24) is 5.16 Å². The Balaban J connectivity index is 1.59. The number of hydrogen-bond acceptors (Lipinski definition) is 6. The number of ketones is 1. The zero-order valence-electron chi connectivity index (χ0n) is 16.5. The molecule has 3 aromatic rings. The highest BCUT2D eigenvalue weighted by Crippen LogP contribution is 2.19. The van der Waals surface area contributed by atoms with Crippen LogP contribution >= 0.6 is 0 Å². The molecule has 7 heteroatoms. The summed E-state index contributed by atoms with van der Waals surface area (Å²) >= 11 is 0. The molecule has 0 aliphatic heterocycles. The predicted molar refractivity (Wildman–Crippen MR) is 108 cm³/mol. The maximum absolute atomic E-state index is 12.5. The van der Waals surface area contributed by atoms with E-state index in [1.165, 1.54) is 6.92 Å². The van der Waals surface area contributed by atoms with E-state index in [2.05, 4.69) is 10.5 Å². The molecule has 0 saturated carbocycles. The molecular weight excluding hydrogens is 372 g/mol. The normalized spacial score (nSPS) is 12.0. The average Bonchev–Trinajstić information content (AvgIpc) is 3.10. The number of benzene rings is 2. The number of carbonyl (C=O) groups is 3. The number of amides is 1. The van der Waals surface area contributed by atoms with Crippen molar-refractivity contribution in [3.05, 3.63) is 59.8 Å². The van der Waals surface area contributed by atoms with Crippen molar-refractivity contribution in [3.63, 3.8) is 0 Å². The Morgan fingerprint density at radius 1 is 1.03 bits per heavy atom. The summed E-state index contributed by atoms with van der Waals surface area (Å²) in [5.74, 6) is -1.14. The number of fused-ring (bicyclic) bond motifs is 1. The molecule has 0 unspecified atom stereocenters. The Morgan fingerprint density at radius 3 is 2.41 bits per heavy atom. The van der Waals surface area contributed by atoms with E-state index in [0.717, 1.165) is 5.39 Å². The largest absolute Gasteiger partial charge is 0.454 e. The molecular formula is C22H22N2O5. The molecule has 0 aliphatic carbocycles. The minimum Gasteiger partial charge on any atom is -0.454 e. The van der Waals surface area contributed by atoms with Crippen molar-refractivity contribution in [2.45, 2.75) is 33.3 Å². The first kappa shape index (κ1) is 20.3. The van der Waals surface area contributed by atoms with Gasteiger partial charge in [-0.15, -0.1) is 0 Å². The molecule has 0 bridgehead atoms. The first-order chi connectivity index (χ1) is 13.8. The zero-order chi connectivity index (χ0) is 21.0. The molecule has 1 heterocycles. The van der Waals surface area contributed by atoms with Crippen LogP contribution in [0.1, 0.15) is 36.8 Å². The molecule has 0 saturated heterocycles. The summed E-state index contributed by atoms with van der Waals surface area (Å²) in [6.45, 7) is 5.12. The number of rotatable bonds is 7. The van der Waals surface area contributed by atoms with Crippen LogP contribution in [0.25, 0.3) is 11.0 Å². The maximum atomic E-state index is 12.5. The van der Waals surface area contributed by atoms with E-state index in [1.54, 1.807) is 44.2 Å². The van der Waals surface area contributed by atoms with Gasteiger partial charge in [0.1, 0.15) is 5.69 Å². The van der Waals surface area contributed by atoms with Gasteiger partial charge in [-0.25, -0.2) is 0 Å². The summed E-state index contributed by atoms with van der Waals surface area (Å²) < 4.78 is 10.4. The summed E-state index contributed by atoms with van der Waals surface area (Å²) in [7, 11) is 0. The van der Waals surface area contributed by atoms with Crippen LogP contribution in [0.5, 0.6) is 0 Å². The standard InChI is InChI=1S/C22H22N2O5/c1-13(2)22(27)23-16-10-8-15(9-11-16)21(26)14(3)28-20(25)12-18-17-6-4-5-7-19(17)29-24-18/h4-11,13-14H,12H2,1-3H3,(H,23,27)/t14-/m1/s1. The van der Waals surface area contributed by atoms with Crippen molar-refractivity contribution in [1.29, 1.82) is 0 Å². The van der Waals surface area contributed by atoms with Crippen LogP contribution in [-0.4, -0.2) is 28.9 Å². The molecule has 29 heavy (non-hydrogen) atoms. The fourth-order valence-corrected chi connectivity index (χ4v) is 2.73. The van der Waals surface area contributed by atoms with Crippen LogP contribution in [0.2, 0.25) is 0 Å². The number of anilines is 1. The van der Waals surface area contributed by atoms with Gasteiger partial charge in [0.15, 0.2) is 11.7 Å². The molecule has 1 aromatic heterocycles. The molecule has 150 valence electrons. The third-order valence-corrected chi connectivity index (χ3v) is 4.40. The second-order valence-corrected chi connectivity index (χ2v) is 7.02. The number of hydrogen-bond donors (Lipinski definition) is 1. The van der Waals surface area contributed by atoms with Gasteiger partial charge in [0.05, 0.1) is 6.42 Å². The van der Waals surface area contributed by atoms with Crippen LogP contribution in [0.3, 0.4) is 0 Å². The molecule has 1 N–H and O–H groups in total. The Hall–Kier alpha value is -3.48. The van der Waals surface area contributed by atoms with E-state index >= 15 is 0 Å². The van der Waals surface area contributed by atoms with Crippen molar-refractivity contribution in [2.24, 2.45) is 5.92 Å². The third kappa shape index (κ3) is 4.87. The van der Waals surface area contributed by atoms with Gasteiger partial charge >= 0.3 is 5.97 Å². The van der Waals surface area contributed by atoms with Gasteiger partial charge in [-0.3, -0.25) is 14.4 Å². The topological polar surface area (TPSA) is 98.5 Å². The Kier molecular flexibility index (Phi) is 6.07. The lowest BCUT2D eigenvalue weighted by Crippen LogP contribution is -2.25. The summed E-state index contributed by atoms with van der Waals surface area (Å²) in [5, 5.41) is 7.39.